The Morgan fingerprint density at radius 1 is 0.674 bits per heavy atom. The van der Waals surface area contributed by atoms with Gasteiger partial charge >= 0.3 is 10.1 Å². The second-order valence-corrected chi connectivity index (χ2v) is 15.3. The molecule has 0 fully saturated rings. The van der Waals surface area contributed by atoms with Crippen LogP contribution >= 0.6 is 18.4 Å². The molecule has 0 saturated carbocycles. The molecule has 0 aliphatic rings. The SMILES string of the molecule is O=S(=O)(Oc1ccc(N=P(c2ccccc2)(c2ccccc2)c2ccccc2)c(C=Cc2ccncc2)c1)c1cccs1. The standard InChI is InChI=1S/C35H27N2O3PS2/c38-43(39,35-17-10-26-42-35)40-30-20-21-34(29(27-30)19-18-28-22-24-36-25-23-28)37-41(31-11-4-1-5-12-31,32-13-6-2-7-14-32)33-15-8-3-9-16-33/h1-27H. The Bertz CT molecular complexity index is 1890. The van der Waals surface area contributed by atoms with Crippen molar-refractivity contribution in [2.75, 3.05) is 0 Å². The third-order valence-electron chi connectivity index (χ3n) is 6.76. The number of thiophene rings is 1. The van der Waals surface area contributed by atoms with Crippen molar-refractivity contribution in [1.29, 1.82) is 0 Å². The van der Waals surface area contributed by atoms with E-state index in [-0.39, 0.29) is 9.96 Å². The van der Waals surface area contributed by atoms with Crippen LogP contribution < -0.4 is 20.1 Å². The van der Waals surface area contributed by atoms with E-state index < -0.39 is 17.2 Å². The Morgan fingerprint density at radius 2 is 1.26 bits per heavy atom. The summed E-state index contributed by atoms with van der Waals surface area (Å²) < 4.78 is 37.3. The van der Waals surface area contributed by atoms with Gasteiger partial charge in [-0.1, -0.05) is 109 Å². The second kappa shape index (κ2) is 12.8. The third kappa shape index (κ3) is 6.30. The number of benzene rings is 4. The topological polar surface area (TPSA) is 68.6 Å². The molecule has 0 radical (unpaired) electrons. The van der Waals surface area contributed by atoms with Crippen molar-refractivity contribution in [2.24, 2.45) is 4.74 Å². The van der Waals surface area contributed by atoms with Gasteiger partial charge in [-0.3, -0.25) is 9.73 Å². The van der Waals surface area contributed by atoms with Gasteiger partial charge < -0.3 is 4.18 Å². The molecule has 2 aromatic heterocycles. The lowest BCUT2D eigenvalue weighted by atomic mass is 10.1. The first-order valence-electron chi connectivity index (χ1n) is 13.5. The van der Waals surface area contributed by atoms with Crippen LogP contribution in [0.2, 0.25) is 0 Å². The second-order valence-electron chi connectivity index (χ2n) is 9.55. The van der Waals surface area contributed by atoms with Crippen LogP contribution in [0.4, 0.5) is 5.69 Å². The number of hydrogen-bond donors (Lipinski definition) is 0. The van der Waals surface area contributed by atoms with E-state index >= 15 is 0 Å². The van der Waals surface area contributed by atoms with Crippen molar-refractivity contribution in [1.82, 2.24) is 4.98 Å². The fraction of sp³-hybridized carbons (Fsp3) is 0. The van der Waals surface area contributed by atoms with Crippen LogP contribution in [0.5, 0.6) is 5.75 Å². The average molecular weight is 619 g/mol. The van der Waals surface area contributed by atoms with Crippen LogP contribution in [0.1, 0.15) is 11.1 Å². The lowest BCUT2D eigenvalue weighted by molar-refractivity contribution is 0.488. The molecule has 0 atom stereocenters. The quantitative estimate of drug-likeness (QED) is 0.122. The molecule has 43 heavy (non-hydrogen) atoms. The Morgan fingerprint density at radius 3 is 1.79 bits per heavy atom. The van der Waals surface area contributed by atoms with Gasteiger partial charge in [0.2, 0.25) is 0 Å². The highest BCUT2D eigenvalue weighted by Gasteiger charge is 2.28. The molecule has 0 aliphatic heterocycles. The molecule has 0 aliphatic carbocycles. The van der Waals surface area contributed by atoms with Gasteiger partial charge in [0, 0.05) is 33.9 Å². The number of nitrogens with zero attached hydrogens (tertiary/aromatic N) is 2. The molecule has 0 unspecified atom stereocenters. The fourth-order valence-electron chi connectivity index (χ4n) is 4.76. The van der Waals surface area contributed by atoms with E-state index in [0.29, 0.717) is 0 Å². The van der Waals surface area contributed by atoms with Gasteiger partial charge in [-0.15, -0.1) is 11.3 Å². The van der Waals surface area contributed by atoms with Crippen molar-refractivity contribution in [3.8, 4) is 5.75 Å². The monoisotopic (exact) mass is 618 g/mol. The first-order chi connectivity index (χ1) is 21.0. The maximum atomic E-state index is 13.0. The van der Waals surface area contributed by atoms with E-state index in [9.17, 15) is 8.42 Å². The average Bonchev–Trinajstić information content (AvgIpc) is 3.62. The molecule has 0 saturated heterocycles. The molecular formula is C35H27N2O3PS2. The minimum Gasteiger partial charge on any atom is -0.378 e. The summed E-state index contributed by atoms with van der Waals surface area (Å²) in [5, 5.41) is 5.03. The Hall–Kier alpha value is -4.55. The molecule has 212 valence electrons. The van der Waals surface area contributed by atoms with E-state index in [1.165, 1.54) is 6.07 Å². The minimum atomic E-state index is -3.97. The molecule has 4 aromatic carbocycles. The van der Waals surface area contributed by atoms with E-state index in [1.54, 1.807) is 36.0 Å². The fourth-order valence-corrected chi connectivity index (χ4v) is 10.2. The van der Waals surface area contributed by atoms with E-state index in [4.69, 9.17) is 8.93 Å². The van der Waals surface area contributed by atoms with Gasteiger partial charge in [0.25, 0.3) is 0 Å². The van der Waals surface area contributed by atoms with Crippen LogP contribution in [0.3, 0.4) is 0 Å². The number of rotatable bonds is 9. The van der Waals surface area contributed by atoms with Crippen molar-refractivity contribution in [2.45, 2.75) is 4.21 Å². The summed E-state index contributed by atoms with van der Waals surface area (Å²) in [5.74, 6) is 0.213. The van der Waals surface area contributed by atoms with Crippen molar-refractivity contribution in [3.05, 3.63) is 162 Å². The van der Waals surface area contributed by atoms with Gasteiger partial charge in [0.1, 0.15) is 5.75 Å². The summed E-state index contributed by atoms with van der Waals surface area (Å²) in [7, 11) is -6.54. The van der Waals surface area contributed by atoms with E-state index in [1.807, 2.05) is 84.9 Å². The summed E-state index contributed by atoms with van der Waals surface area (Å²) in [6.45, 7) is 0. The lowest BCUT2D eigenvalue weighted by Gasteiger charge is -2.27. The zero-order valence-electron chi connectivity index (χ0n) is 23.0. The van der Waals surface area contributed by atoms with Crippen LogP contribution in [0, 0.1) is 0 Å². The predicted octanol–water partition coefficient (Wildman–Crippen LogP) is 7.89. The molecular weight excluding hydrogens is 592 g/mol. The highest BCUT2D eigenvalue weighted by Crippen LogP contribution is 2.50. The summed E-state index contributed by atoms with van der Waals surface area (Å²) in [5.41, 5.74) is 2.40. The zero-order chi connectivity index (χ0) is 29.5. The van der Waals surface area contributed by atoms with Crippen molar-refractivity contribution in [3.63, 3.8) is 0 Å². The maximum absolute atomic E-state index is 13.0. The smallest absolute Gasteiger partial charge is 0.348 e. The molecule has 8 heteroatoms. The zero-order valence-corrected chi connectivity index (χ0v) is 25.5. The lowest BCUT2D eigenvalue weighted by Crippen LogP contribution is -2.25. The molecule has 2 heterocycles. The summed E-state index contributed by atoms with van der Waals surface area (Å²) >= 11 is 1.12. The first kappa shape index (κ1) is 28.6. The van der Waals surface area contributed by atoms with Crippen LogP contribution in [-0.4, -0.2) is 13.4 Å². The molecule has 0 amide bonds. The van der Waals surface area contributed by atoms with Gasteiger partial charge in [0.15, 0.2) is 4.21 Å². The maximum Gasteiger partial charge on any atom is 0.348 e. The van der Waals surface area contributed by atoms with Crippen molar-refractivity contribution >= 4 is 62.3 Å². The van der Waals surface area contributed by atoms with Crippen LogP contribution in [0.15, 0.2) is 160 Å². The number of hydrogen-bond acceptors (Lipinski definition) is 6. The summed E-state index contributed by atoms with van der Waals surface area (Å²) in [6.07, 6.45) is 7.36. The van der Waals surface area contributed by atoms with Gasteiger partial charge in [-0.05, 0) is 47.3 Å². The van der Waals surface area contributed by atoms with Gasteiger partial charge in [0.05, 0.1) is 12.7 Å². The van der Waals surface area contributed by atoms with Gasteiger partial charge in [-0.2, -0.15) is 8.42 Å². The first-order valence-corrected chi connectivity index (χ1v) is 17.6. The molecule has 0 N–H and O–H groups in total. The Balaban J connectivity index is 1.60. The minimum absolute atomic E-state index is 0.150. The van der Waals surface area contributed by atoms with E-state index in [0.717, 1.165) is 44.1 Å². The third-order valence-corrected chi connectivity index (χ3v) is 13.0. The van der Waals surface area contributed by atoms with Crippen molar-refractivity contribution < 1.29 is 12.6 Å². The molecule has 5 nitrogen and oxygen atoms in total. The normalized spacial score (nSPS) is 11.8. The van der Waals surface area contributed by atoms with Gasteiger partial charge in [-0.25, -0.2) is 0 Å². The van der Waals surface area contributed by atoms with Crippen LogP contribution in [0.25, 0.3) is 12.2 Å². The number of aromatic nitrogens is 1. The highest BCUT2D eigenvalue weighted by atomic mass is 32.3. The van der Waals surface area contributed by atoms with E-state index in [2.05, 4.69) is 41.4 Å². The summed E-state index contributed by atoms with van der Waals surface area (Å²) in [6, 6.07) is 43.4. The molecule has 6 rings (SSSR count). The molecule has 6 aromatic rings. The Kier molecular flexibility index (Phi) is 8.47. The largest absolute Gasteiger partial charge is 0.378 e. The number of pyridine rings is 1. The molecule has 0 spiro atoms. The Labute approximate surface area is 256 Å². The summed E-state index contributed by atoms with van der Waals surface area (Å²) in [4.78, 5) is 4.11. The van der Waals surface area contributed by atoms with Crippen LogP contribution in [-0.2, 0) is 10.1 Å². The highest BCUT2D eigenvalue weighted by molar-refractivity contribution is 7.89. The molecule has 0 bridgehead atoms. The predicted molar refractivity (Wildman–Crippen MR) is 179 cm³/mol.